The molecule has 0 nitrogen and oxygen atoms in total. The van der Waals surface area contributed by atoms with Crippen LogP contribution in [-0.4, -0.2) is 0 Å². The van der Waals surface area contributed by atoms with Crippen molar-refractivity contribution in [1.29, 1.82) is 0 Å². The SMILES string of the molecule is C=C(C)c1ccc(-c2ccccc2C)cc1C.CCCc1ccc(C)cc1. The lowest BCUT2D eigenvalue weighted by atomic mass is 9.95. The molecule has 0 spiro atoms. The normalized spacial score (nSPS) is 10.1. The van der Waals surface area contributed by atoms with Crippen molar-refractivity contribution in [3.63, 3.8) is 0 Å². The van der Waals surface area contributed by atoms with Gasteiger partial charge in [0.05, 0.1) is 0 Å². The summed E-state index contributed by atoms with van der Waals surface area (Å²) in [6, 6.07) is 23.8. The van der Waals surface area contributed by atoms with Crippen LogP contribution in [-0.2, 0) is 6.42 Å². The molecule has 3 aromatic carbocycles. The van der Waals surface area contributed by atoms with Crippen molar-refractivity contribution < 1.29 is 0 Å². The molecule has 0 aliphatic carbocycles. The molecule has 0 aliphatic rings. The van der Waals surface area contributed by atoms with E-state index in [1.54, 1.807) is 0 Å². The maximum absolute atomic E-state index is 4.01. The van der Waals surface area contributed by atoms with E-state index in [1.807, 2.05) is 0 Å². The lowest BCUT2D eigenvalue weighted by molar-refractivity contribution is 0.921. The first-order chi connectivity index (χ1) is 12.9. The monoisotopic (exact) mass is 356 g/mol. The van der Waals surface area contributed by atoms with Crippen LogP contribution < -0.4 is 0 Å². The van der Waals surface area contributed by atoms with Gasteiger partial charge in [-0.1, -0.05) is 97.8 Å². The molecule has 0 fully saturated rings. The Labute approximate surface area is 165 Å². The molecule has 0 atom stereocenters. The summed E-state index contributed by atoms with van der Waals surface area (Å²) in [5, 5.41) is 0. The second kappa shape index (κ2) is 9.92. The summed E-state index contributed by atoms with van der Waals surface area (Å²) >= 11 is 0. The molecule has 27 heavy (non-hydrogen) atoms. The molecule has 0 heterocycles. The first-order valence-corrected chi connectivity index (χ1v) is 9.80. The fraction of sp³-hybridized carbons (Fsp3) is 0.259. The van der Waals surface area contributed by atoms with E-state index in [0.717, 1.165) is 5.57 Å². The molecule has 0 bridgehead atoms. The number of hydrogen-bond acceptors (Lipinski definition) is 0. The molecule has 0 N–H and O–H groups in total. The molecular formula is C27H32. The van der Waals surface area contributed by atoms with E-state index in [2.05, 4.69) is 108 Å². The standard InChI is InChI=1S/C17H18.C10H14/c1-12(2)16-10-9-15(11-14(16)4)17-8-6-5-7-13(17)3;1-3-4-10-7-5-9(2)6-8-10/h5-11H,1H2,2-4H3;5-8H,3-4H2,1-2H3. The van der Waals surface area contributed by atoms with Gasteiger partial charge in [0.2, 0.25) is 0 Å². The largest absolute Gasteiger partial charge is 0.0955 e. The topological polar surface area (TPSA) is 0 Å². The van der Waals surface area contributed by atoms with Crippen LogP contribution in [0.4, 0.5) is 0 Å². The number of hydrogen-bond donors (Lipinski definition) is 0. The van der Waals surface area contributed by atoms with Gasteiger partial charge < -0.3 is 0 Å². The average molecular weight is 357 g/mol. The Balaban J connectivity index is 0.000000223. The fourth-order valence-electron chi connectivity index (χ4n) is 3.25. The maximum Gasteiger partial charge on any atom is -0.0155 e. The quantitative estimate of drug-likeness (QED) is 0.445. The summed E-state index contributed by atoms with van der Waals surface area (Å²) in [4.78, 5) is 0. The van der Waals surface area contributed by atoms with Crippen molar-refractivity contribution in [2.45, 2.75) is 47.5 Å². The molecule has 140 valence electrons. The van der Waals surface area contributed by atoms with Gasteiger partial charge in [0.25, 0.3) is 0 Å². The van der Waals surface area contributed by atoms with Gasteiger partial charge in [-0.15, -0.1) is 0 Å². The van der Waals surface area contributed by atoms with E-state index in [0.29, 0.717) is 0 Å². The molecule has 3 aromatic rings. The summed E-state index contributed by atoms with van der Waals surface area (Å²) in [6.07, 6.45) is 2.45. The Hall–Kier alpha value is -2.60. The summed E-state index contributed by atoms with van der Waals surface area (Å²) in [6.45, 7) is 14.7. The van der Waals surface area contributed by atoms with E-state index < -0.39 is 0 Å². The summed E-state index contributed by atoms with van der Waals surface area (Å²) in [5.41, 5.74) is 10.4. The molecule has 0 radical (unpaired) electrons. The van der Waals surface area contributed by atoms with Crippen LogP contribution in [0.3, 0.4) is 0 Å². The van der Waals surface area contributed by atoms with Crippen molar-refractivity contribution in [2.24, 2.45) is 0 Å². The lowest BCUT2D eigenvalue weighted by Crippen LogP contribution is -1.88. The molecule has 0 saturated heterocycles. The van der Waals surface area contributed by atoms with Gasteiger partial charge in [0, 0.05) is 0 Å². The fourth-order valence-corrected chi connectivity index (χ4v) is 3.25. The minimum atomic E-state index is 1.12. The lowest BCUT2D eigenvalue weighted by Gasteiger charge is -2.10. The highest BCUT2D eigenvalue weighted by atomic mass is 14.1. The Morgan fingerprint density at radius 3 is 2.04 bits per heavy atom. The Bertz CT molecular complexity index is 882. The predicted octanol–water partition coefficient (Wildman–Crippen LogP) is 7.95. The van der Waals surface area contributed by atoms with Crippen molar-refractivity contribution in [1.82, 2.24) is 0 Å². The molecular weight excluding hydrogens is 324 g/mol. The van der Waals surface area contributed by atoms with Gasteiger partial charge in [0.15, 0.2) is 0 Å². The Kier molecular flexibility index (Phi) is 7.61. The molecule has 0 amide bonds. The van der Waals surface area contributed by atoms with E-state index in [9.17, 15) is 0 Å². The molecule has 0 aromatic heterocycles. The average Bonchev–Trinajstić information content (AvgIpc) is 2.64. The van der Waals surface area contributed by atoms with Crippen LogP contribution in [0.5, 0.6) is 0 Å². The van der Waals surface area contributed by atoms with Crippen LogP contribution in [0.2, 0.25) is 0 Å². The van der Waals surface area contributed by atoms with Crippen LogP contribution in [0, 0.1) is 20.8 Å². The Morgan fingerprint density at radius 1 is 0.815 bits per heavy atom. The van der Waals surface area contributed by atoms with E-state index in [4.69, 9.17) is 0 Å². The minimum absolute atomic E-state index is 1.12. The molecule has 0 unspecified atom stereocenters. The van der Waals surface area contributed by atoms with Gasteiger partial charge >= 0.3 is 0 Å². The zero-order valence-corrected chi connectivity index (χ0v) is 17.5. The Morgan fingerprint density at radius 2 is 1.48 bits per heavy atom. The first-order valence-electron chi connectivity index (χ1n) is 9.80. The van der Waals surface area contributed by atoms with E-state index in [-0.39, 0.29) is 0 Å². The highest BCUT2D eigenvalue weighted by Gasteiger charge is 2.04. The third kappa shape index (κ3) is 5.96. The number of allylic oxidation sites excluding steroid dienone is 1. The first kappa shape index (κ1) is 20.7. The van der Waals surface area contributed by atoms with Crippen LogP contribution in [0.1, 0.15) is 48.1 Å². The van der Waals surface area contributed by atoms with Crippen molar-refractivity contribution in [3.8, 4) is 11.1 Å². The third-order valence-corrected chi connectivity index (χ3v) is 4.80. The zero-order chi connectivity index (χ0) is 19.8. The molecule has 0 aliphatic heterocycles. The van der Waals surface area contributed by atoms with E-state index >= 15 is 0 Å². The number of rotatable bonds is 4. The van der Waals surface area contributed by atoms with Crippen molar-refractivity contribution in [3.05, 3.63) is 101 Å². The smallest absolute Gasteiger partial charge is 0.0155 e. The molecule has 0 saturated carbocycles. The zero-order valence-electron chi connectivity index (χ0n) is 17.5. The van der Waals surface area contributed by atoms with Gasteiger partial charge in [-0.25, -0.2) is 0 Å². The van der Waals surface area contributed by atoms with Crippen molar-refractivity contribution >= 4 is 5.57 Å². The van der Waals surface area contributed by atoms with Gasteiger partial charge in [-0.3, -0.25) is 0 Å². The number of aryl methyl sites for hydroxylation is 4. The number of benzene rings is 3. The molecule has 0 heteroatoms. The third-order valence-electron chi connectivity index (χ3n) is 4.80. The minimum Gasteiger partial charge on any atom is -0.0955 e. The predicted molar refractivity (Wildman–Crippen MR) is 121 cm³/mol. The van der Waals surface area contributed by atoms with Crippen LogP contribution in [0.25, 0.3) is 16.7 Å². The van der Waals surface area contributed by atoms with Crippen LogP contribution in [0.15, 0.2) is 73.3 Å². The van der Waals surface area contributed by atoms with Crippen LogP contribution >= 0.6 is 0 Å². The maximum atomic E-state index is 4.01. The van der Waals surface area contributed by atoms with Gasteiger partial charge in [-0.2, -0.15) is 0 Å². The second-order valence-electron chi connectivity index (χ2n) is 7.36. The van der Waals surface area contributed by atoms with Crippen molar-refractivity contribution in [2.75, 3.05) is 0 Å². The van der Waals surface area contributed by atoms with Gasteiger partial charge in [-0.05, 0) is 67.5 Å². The summed E-state index contributed by atoms with van der Waals surface area (Å²) < 4.78 is 0. The highest BCUT2D eigenvalue weighted by Crippen LogP contribution is 2.27. The van der Waals surface area contributed by atoms with Gasteiger partial charge in [0.1, 0.15) is 0 Å². The van der Waals surface area contributed by atoms with E-state index in [1.165, 1.54) is 51.8 Å². The summed E-state index contributed by atoms with van der Waals surface area (Å²) in [7, 11) is 0. The highest BCUT2D eigenvalue weighted by molar-refractivity contribution is 5.72. The second-order valence-corrected chi connectivity index (χ2v) is 7.36. The molecule has 3 rings (SSSR count). The summed E-state index contributed by atoms with van der Waals surface area (Å²) in [5.74, 6) is 0.